The number of carbonyl (C=O) groups is 1. The molecule has 0 aliphatic heterocycles. The van der Waals surface area contributed by atoms with E-state index in [1.165, 1.54) is 0 Å². The van der Waals surface area contributed by atoms with Crippen LogP contribution in [0.15, 0.2) is 11.4 Å². The molecule has 1 heterocycles. The van der Waals surface area contributed by atoms with Gasteiger partial charge in [-0.1, -0.05) is 0 Å². The van der Waals surface area contributed by atoms with E-state index in [4.69, 9.17) is 15.2 Å². The molecular weight excluding hydrogens is 264 g/mol. The molecule has 0 saturated carbocycles. The normalized spacial score (nSPS) is 10.8. The van der Waals surface area contributed by atoms with Crippen molar-refractivity contribution in [2.24, 2.45) is 5.73 Å². The summed E-state index contributed by atoms with van der Waals surface area (Å²) in [5.41, 5.74) is 5.79. The van der Waals surface area contributed by atoms with Gasteiger partial charge in [0.1, 0.15) is 0 Å². The number of unbranched alkanes of at least 4 members (excludes halogenated alkanes) is 1. The lowest BCUT2D eigenvalue weighted by Crippen LogP contribution is -2.15. The maximum absolute atomic E-state index is 10.9. The maximum atomic E-state index is 10.9. The Balaban J connectivity index is 1.97. The molecule has 0 aliphatic carbocycles. The third-order valence-electron chi connectivity index (χ3n) is 2.56. The van der Waals surface area contributed by atoms with Gasteiger partial charge in [0.2, 0.25) is 5.91 Å². The number of nitrogens with one attached hydrogen (secondary N) is 1. The molecule has 108 valence electrons. The topological polar surface area (TPSA) is 73.6 Å². The van der Waals surface area contributed by atoms with Gasteiger partial charge in [-0.2, -0.15) is 0 Å². The number of primary amides is 1. The summed E-state index contributed by atoms with van der Waals surface area (Å²) in [6.45, 7) is 3.81. The van der Waals surface area contributed by atoms with Crippen molar-refractivity contribution in [3.8, 4) is 0 Å². The summed E-state index contributed by atoms with van der Waals surface area (Å²) in [5, 5.41) is 5.13. The molecule has 1 aromatic rings. The highest BCUT2D eigenvalue weighted by Crippen LogP contribution is 2.13. The van der Waals surface area contributed by atoms with E-state index in [1.807, 2.05) is 6.07 Å². The molecule has 0 bridgehead atoms. The van der Waals surface area contributed by atoms with Crippen molar-refractivity contribution in [3.63, 3.8) is 0 Å². The second-order valence-electron chi connectivity index (χ2n) is 4.16. The molecule has 0 atom stereocenters. The van der Waals surface area contributed by atoms with Crippen molar-refractivity contribution in [2.75, 3.05) is 33.5 Å². The zero-order valence-corrected chi connectivity index (χ0v) is 12.1. The van der Waals surface area contributed by atoms with E-state index in [2.05, 4.69) is 5.32 Å². The molecule has 0 radical (unpaired) electrons. The fourth-order valence-electron chi connectivity index (χ4n) is 1.51. The summed E-state index contributed by atoms with van der Waals surface area (Å²) in [5.74, 6) is -0.365. The lowest BCUT2D eigenvalue weighted by Gasteiger charge is -2.04. The molecule has 1 aromatic heterocycles. The number of amides is 1. The first-order valence-corrected chi connectivity index (χ1v) is 7.26. The van der Waals surface area contributed by atoms with E-state index in [1.54, 1.807) is 23.8 Å². The molecular formula is C13H22N2O3S. The molecule has 0 saturated heterocycles. The number of thiophene rings is 1. The fourth-order valence-corrected chi connectivity index (χ4v) is 2.36. The lowest BCUT2D eigenvalue weighted by molar-refractivity contribution is 0.0688. The van der Waals surface area contributed by atoms with Crippen LogP contribution < -0.4 is 11.1 Å². The van der Waals surface area contributed by atoms with E-state index in [-0.39, 0.29) is 5.91 Å². The Kier molecular flexibility index (Phi) is 8.40. The summed E-state index contributed by atoms with van der Waals surface area (Å²) >= 11 is 1.55. The van der Waals surface area contributed by atoms with Crippen LogP contribution in [-0.2, 0) is 16.0 Å². The first-order valence-electron chi connectivity index (χ1n) is 6.38. The fraction of sp³-hybridized carbons (Fsp3) is 0.615. The predicted octanol–water partition coefficient (Wildman–Crippen LogP) is 1.38. The zero-order chi connectivity index (χ0) is 13.9. The van der Waals surface area contributed by atoms with Gasteiger partial charge >= 0.3 is 0 Å². The molecule has 6 heteroatoms. The van der Waals surface area contributed by atoms with E-state index < -0.39 is 0 Å². The molecule has 3 N–H and O–H groups in total. The Labute approximate surface area is 118 Å². The van der Waals surface area contributed by atoms with Gasteiger partial charge in [-0.05, 0) is 25.5 Å². The smallest absolute Gasteiger partial charge is 0.249 e. The van der Waals surface area contributed by atoms with Crippen molar-refractivity contribution in [3.05, 3.63) is 21.9 Å². The van der Waals surface area contributed by atoms with Gasteiger partial charge < -0.3 is 20.5 Å². The van der Waals surface area contributed by atoms with Crippen LogP contribution in [0.1, 0.15) is 28.1 Å². The van der Waals surface area contributed by atoms with Crippen LogP contribution in [0.3, 0.4) is 0 Å². The molecule has 0 unspecified atom stereocenters. The molecule has 1 rings (SSSR count). The summed E-state index contributed by atoms with van der Waals surface area (Å²) in [4.78, 5) is 12.1. The highest BCUT2D eigenvalue weighted by molar-refractivity contribution is 7.10. The van der Waals surface area contributed by atoms with Gasteiger partial charge in [0, 0.05) is 30.5 Å². The van der Waals surface area contributed by atoms with Crippen LogP contribution in [-0.4, -0.2) is 39.4 Å². The SMILES string of the molecule is COCCOCCCCNCc1cc(C(N)=O)cs1. The minimum Gasteiger partial charge on any atom is -0.382 e. The molecule has 0 aliphatic rings. The van der Waals surface area contributed by atoms with E-state index >= 15 is 0 Å². The Morgan fingerprint density at radius 3 is 2.89 bits per heavy atom. The number of nitrogens with two attached hydrogens (primary N) is 1. The Bertz CT molecular complexity index is 369. The summed E-state index contributed by atoms with van der Waals surface area (Å²) in [7, 11) is 1.67. The molecule has 0 aromatic carbocycles. The summed E-state index contributed by atoms with van der Waals surface area (Å²) in [6.07, 6.45) is 2.11. The van der Waals surface area contributed by atoms with E-state index in [0.29, 0.717) is 18.8 Å². The monoisotopic (exact) mass is 286 g/mol. The largest absolute Gasteiger partial charge is 0.382 e. The lowest BCUT2D eigenvalue weighted by atomic mass is 10.3. The van der Waals surface area contributed by atoms with Gasteiger partial charge in [-0.25, -0.2) is 0 Å². The molecule has 0 spiro atoms. The number of carbonyl (C=O) groups excluding carboxylic acids is 1. The van der Waals surface area contributed by atoms with E-state index in [9.17, 15) is 4.79 Å². The zero-order valence-electron chi connectivity index (χ0n) is 11.3. The average molecular weight is 286 g/mol. The van der Waals surface area contributed by atoms with Crippen LogP contribution in [0.25, 0.3) is 0 Å². The number of hydrogen-bond donors (Lipinski definition) is 2. The third-order valence-corrected chi connectivity index (χ3v) is 3.50. The molecule has 1 amide bonds. The number of ether oxygens (including phenoxy) is 2. The van der Waals surface area contributed by atoms with Crippen molar-refractivity contribution in [1.29, 1.82) is 0 Å². The summed E-state index contributed by atoms with van der Waals surface area (Å²) in [6, 6.07) is 1.84. The Hall–Kier alpha value is -0.950. The van der Waals surface area contributed by atoms with Crippen molar-refractivity contribution in [1.82, 2.24) is 5.32 Å². The van der Waals surface area contributed by atoms with Crippen LogP contribution in [0.2, 0.25) is 0 Å². The van der Waals surface area contributed by atoms with Gasteiger partial charge in [-0.3, -0.25) is 4.79 Å². The molecule has 19 heavy (non-hydrogen) atoms. The minimum absolute atomic E-state index is 0.365. The van der Waals surface area contributed by atoms with Gasteiger partial charge in [0.15, 0.2) is 0 Å². The number of hydrogen-bond acceptors (Lipinski definition) is 5. The second kappa shape index (κ2) is 9.91. The second-order valence-corrected chi connectivity index (χ2v) is 5.15. The first-order chi connectivity index (χ1) is 9.24. The van der Waals surface area contributed by atoms with Crippen LogP contribution in [0.5, 0.6) is 0 Å². The maximum Gasteiger partial charge on any atom is 0.249 e. The van der Waals surface area contributed by atoms with Crippen molar-refractivity contribution in [2.45, 2.75) is 19.4 Å². The van der Waals surface area contributed by atoms with Crippen LogP contribution in [0.4, 0.5) is 0 Å². The van der Waals surface area contributed by atoms with Crippen molar-refractivity contribution < 1.29 is 14.3 Å². The predicted molar refractivity (Wildman–Crippen MR) is 76.5 cm³/mol. The molecule has 5 nitrogen and oxygen atoms in total. The van der Waals surface area contributed by atoms with Gasteiger partial charge in [0.25, 0.3) is 0 Å². The minimum atomic E-state index is -0.365. The third kappa shape index (κ3) is 7.27. The quantitative estimate of drug-likeness (QED) is 0.603. The van der Waals surface area contributed by atoms with Gasteiger partial charge in [-0.15, -0.1) is 11.3 Å². The standard InChI is InChI=1S/C13H22N2O3S/c1-17-6-7-18-5-3-2-4-15-9-12-8-11(10-19-12)13(14)16/h8,10,15H,2-7,9H2,1H3,(H2,14,16). The number of methoxy groups -OCH3 is 1. The van der Waals surface area contributed by atoms with Gasteiger partial charge in [0.05, 0.1) is 18.8 Å². The van der Waals surface area contributed by atoms with Crippen LogP contribution >= 0.6 is 11.3 Å². The highest BCUT2D eigenvalue weighted by Gasteiger charge is 2.03. The number of rotatable bonds is 11. The average Bonchev–Trinajstić information content (AvgIpc) is 2.86. The first kappa shape index (κ1) is 16.1. The Morgan fingerprint density at radius 1 is 1.37 bits per heavy atom. The van der Waals surface area contributed by atoms with E-state index in [0.717, 1.165) is 37.4 Å². The van der Waals surface area contributed by atoms with Crippen LogP contribution in [0, 0.1) is 0 Å². The van der Waals surface area contributed by atoms with Crippen molar-refractivity contribution >= 4 is 17.2 Å². The molecule has 0 fully saturated rings. The summed E-state index contributed by atoms with van der Waals surface area (Å²) < 4.78 is 10.3. The Morgan fingerprint density at radius 2 is 2.21 bits per heavy atom. The highest BCUT2D eigenvalue weighted by atomic mass is 32.1.